The molecule has 0 radical (unpaired) electrons. The quantitative estimate of drug-likeness (QED) is 0.523. The first-order valence-electron chi connectivity index (χ1n) is 7.40. The van der Waals surface area contributed by atoms with Crippen molar-refractivity contribution in [3.05, 3.63) is 58.6 Å². The molecule has 0 spiro atoms. The number of carbonyl (C=O) groups is 1. The molecule has 0 saturated heterocycles. The van der Waals surface area contributed by atoms with E-state index < -0.39 is 0 Å². The Balaban J connectivity index is 1.71. The van der Waals surface area contributed by atoms with Gasteiger partial charge in [0.15, 0.2) is 11.7 Å². The molecular formula is C17H18BrN3O2S. The summed E-state index contributed by atoms with van der Waals surface area (Å²) in [5, 5.41) is 3.29. The molecule has 1 amide bonds. The van der Waals surface area contributed by atoms with E-state index >= 15 is 0 Å². The van der Waals surface area contributed by atoms with Crippen molar-refractivity contribution < 1.29 is 9.53 Å². The Morgan fingerprint density at radius 1 is 1.17 bits per heavy atom. The SMILES string of the molecule is CCc1ccc(NC(=S)NNC(=O)COc2cccc(Br)c2)cc1. The Hall–Kier alpha value is -2.12. The number of ether oxygens (including phenoxy) is 1. The van der Waals surface area contributed by atoms with Crippen LogP contribution < -0.4 is 20.9 Å². The summed E-state index contributed by atoms with van der Waals surface area (Å²) in [4.78, 5) is 11.7. The third kappa shape index (κ3) is 6.17. The van der Waals surface area contributed by atoms with Gasteiger partial charge in [-0.3, -0.25) is 15.6 Å². The van der Waals surface area contributed by atoms with Gasteiger partial charge in [0.25, 0.3) is 5.91 Å². The Morgan fingerprint density at radius 2 is 1.92 bits per heavy atom. The van der Waals surface area contributed by atoms with E-state index in [1.54, 1.807) is 12.1 Å². The molecule has 2 rings (SSSR count). The maximum atomic E-state index is 11.7. The highest BCUT2D eigenvalue weighted by Gasteiger charge is 2.04. The van der Waals surface area contributed by atoms with Crippen molar-refractivity contribution in [3.8, 4) is 5.75 Å². The summed E-state index contributed by atoms with van der Waals surface area (Å²) < 4.78 is 6.27. The van der Waals surface area contributed by atoms with Crippen molar-refractivity contribution in [2.75, 3.05) is 11.9 Å². The average molecular weight is 408 g/mol. The average Bonchev–Trinajstić information content (AvgIpc) is 2.59. The maximum Gasteiger partial charge on any atom is 0.276 e. The van der Waals surface area contributed by atoms with Crippen molar-refractivity contribution in [2.45, 2.75) is 13.3 Å². The van der Waals surface area contributed by atoms with Gasteiger partial charge in [-0.2, -0.15) is 0 Å². The normalized spacial score (nSPS) is 9.92. The van der Waals surface area contributed by atoms with Crippen molar-refractivity contribution in [2.24, 2.45) is 0 Å². The van der Waals surface area contributed by atoms with Gasteiger partial charge < -0.3 is 10.1 Å². The standard InChI is InChI=1S/C17H18BrN3O2S/c1-2-12-6-8-14(9-7-12)19-17(24)21-20-16(22)11-23-15-5-3-4-13(18)10-15/h3-10H,2,11H2,1H3,(H,20,22)(H2,19,21,24). The number of thiocarbonyl (C=S) groups is 1. The van der Waals surface area contributed by atoms with Crippen molar-refractivity contribution in [1.82, 2.24) is 10.9 Å². The molecule has 0 heterocycles. The van der Waals surface area contributed by atoms with E-state index in [0.29, 0.717) is 10.9 Å². The monoisotopic (exact) mass is 407 g/mol. The number of benzene rings is 2. The fraction of sp³-hybridized carbons (Fsp3) is 0.176. The van der Waals surface area contributed by atoms with Gasteiger partial charge >= 0.3 is 0 Å². The third-order valence-corrected chi connectivity index (χ3v) is 3.80. The summed E-state index contributed by atoms with van der Waals surface area (Å²) in [5.41, 5.74) is 7.22. The molecule has 0 atom stereocenters. The number of anilines is 1. The first-order chi connectivity index (χ1) is 11.6. The predicted molar refractivity (Wildman–Crippen MR) is 103 cm³/mol. The van der Waals surface area contributed by atoms with Crippen LogP contribution in [0.3, 0.4) is 0 Å². The Morgan fingerprint density at radius 3 is 2.58 bits per heavy atom. The fourth-order valence-electron chi connectivity index (χ4n) is 1.85. The van der Waals surface area contributed by atoms with Gasteiger partial charge in [0.1, 0.15) is 5.75 Å². The Bertz CT molecular complexity index is 707. The molecule has 0 unspecified atom stereocenters. The lowest BCUT2D eigenvalue weighted by Crippen LogP contribution is -2.45. The topological polar surface area (TPSA) is 62.4 Å². The van der Waals surface area contributed by atoms with Crippen LogP contribution in [0.1, 0.15) is 12.5 Å². The summed E-state index contributed by atoms with van der Waals surface area (Å²) in [7, 11) is 0. The Kier molecular flexibility index (Phi) is 7.02. The number of hydrogen-bond donors (Lipinski definition) is 3. The number of rotatable bonds is 5. The van der Waals surface area contributed by atoms with E-state index in [-0.39, 0.29) is 12.5 Å². The number of hydrogen-bond acceptors (Lipinski definition) is 3. The highest BCUT2D eigenvalue weighted by atomic mass is 79.9. The molecule has 24 heavy (non-hydrogen) atoms. The van der Waals surface area contributed by atoms with Crippen LogP contribution in [0.15, 0.2) is 53.0 Å². The molecule has 0 bridgehead atoms. The van der Waals surface area contributed by atoms with Gasteiger partial charge in [0, 0.05) is 10.2 Å². The molecule has 0 fully saturated rings. The van der Waals surface area contributed by atoms with E-state index in [0.717, 1.165) is 16.6 Å². The number of hydrazine groups is 1. The maximum absolute atomic E-state index is 11.7. The lowest BCUT2D eigenvalue weighted by atomic mass is 10.1. The molecule has 0 aromatic heterocycles. The lowest BCUT2D eigenvalue weighted by molar-refractivity contribution is -0.123. The molecule has 0 aliphatic heterocycles. The number of nitrogens with one attached hydrogen (secondary N) is 3. The summed E-state index contributed by atoms with van der Waals surface area (Å²) >= 11 is 8.47. The van der Waals surface area contributed by atoms with Crippen LogP contribution >= 0.6 is 28.1 Å². The summed E-state index contributed by atoms with van der Waals surface area (Å²) in [6.45, 7) is 1.98. The predicted octanol–water partition coefficient (Wildman–Crippen LogP) is 3.41. The number of aryl methyl sites for hydroxylation is 1. The molecule has 2 aromatic carbocycles. The molecule has 0 saturated carbocycles. The van der Waals surface area contributed by atoms with Crippen molar-refractivity contribution in [3.63, 3.8) is 0 Å². The molecular weight excluding hydrogens is 390 g/mol. The fourth-order valence-corrected chi connectivity index (χ4v) is 2.40. The van der Waals surface area contributed by atoms with Crippen LogP contribution in [0, 0.1) is 0 Å². The van der Waals surface area contributed by atoms with E-state index in [1.165, 1.54) is 5.56 Å². The van der Waals surface area contributed by atoms with Crippen LogP contribution in [-0.2, 0) is 11.2 Å². The minimum Gasteiger partial charge on any atom is -0.484 e. The zero-order valence-electron chi connectivity index (χ0n) is 13.1. The summed E-state index contributed by atoms with van der Waals surface area (Å²) in [6.07, 6.45) is 0.983. The second-order valence-electron chi connectivity index (χ2n) is 4.92. The van der Waals surface area contributed by atoms with Crippen LogP contribution in [0.25, 0.3) is 0 Å². The van der Waals surface area contributed by atoms with Gasteiger partial charge in [-0.05, 0) is 54.5 Å². The molecule has 0 aliphatic rings. The number of carbonyl (C=O) groups excluding carboxylic acids is 1. The third-order valence-electron chi connectivity index (χ3n) is 3.10. The largest absolute Gasteiger partial charge is 0.484 e. The molecule has 5 nitrogen and oxygen atoms in total. The minimum atomic E-state index is -0.333. The van der Waals surface area contributed by atoms with Crippen LogP contribution in [0.2, 0.25) is 0 Å². The first kappa shape index (κ1) is 18.2. The van der Waals surface area contributed by atoms with Crippen LogP contribution in [0.5, 0.6) is 5.75 Å². The van der Waals surface area contributed by atoms with E-state index in [1.807, 2.05) is 36.4 Å². The van der Waals surface area contributed by atoms with Crippen LogP contribution in [-0.4, -0.2) is 17.6 Å². The number of halogens is 1. The molecule has 3 N–H and O–H groups in total. The van der Waals surface area contributed by atoms with E-state index in [9.17, 15) is 4.79 Å². The van der Waals surface area contributed by atoms with Crippen LogP contribution in [0.4, 0.5) is 5.69 Å². The second kappa shape index (κ2) is 9.24. The lowest BCUT2D eigenvalue weighted by Gasteiger charge is -2.12. The van der Waals surface area contributed by atoms with Crippen molar-refractivity contribution in [1.29, 1.82) is 0 Å². The highest BCUT2D eigenvalue weighted by molar-refractivity contribution is 9.10. The molecule has 126 valence electrons. The highest BCUT2D eigenvalue weighted by Crippen LogP contribution is 2.17. The molecule has 7 heteroatoms. The van der Waals surface area contributed by atoms with Gasteiger partial charge in [0.2, 0.25) is 0 Å². The van der Waals surface area contributed by atoms with Gasteiger partial charge in [-0.15, -0.1) is 0 Å². The van der Waals surface area contributed by atoms with Crippen molar-refractivity contribution >= 4 is 44.9 Å². The second-order valence-corrected chi connectivity index (χ2v) is 6.25. The molecule has 0 aliphatic carbocycles. The van der Waals surface area contributed by atoms with E-state index in [2.05, 4.69) is 39.0 Å². The number of amides is 1. The van der Waals surface area contributed by atoms with Gasteiger partial charge in [-0.25, -0.2) is 0 Å². The Labute approximate surface area is 154 Å². The summed E-state index contributed by atoms with van der Waals surface area (Å²) in [6, 6.07) is 15.2. The minimum absolute atomic E-state index is 0.114. The van der Waals surface area contributed by atoms with E-state index in [4.69, 9.17) is 17.0 Å². The summed E-state index contributed by atoms with van der Waals surface area (Å²) in [5.74, 6) is 0.275. The van der Waals surface area contributed by atoms with Gasteiger partial charge in [0.05, 0.1) is 0 Å². The molecule has 2 aromatic rings. The smallest absolute Gasteiger partial charge is 0.276 e. The zero-order chi connectivity index (χ0) is 17.4. The van der Waals surface area contributed by atoms with Gasteiger partial charge in [-0.1, -0.05) is 41.1 Å². The first-order valence-corrected chi connectivity index (χ1v) is 8.60. The zero-order valence-corrected chi connectivity index (χ0v) is 15.5.